The molecule has 158 valence electrons. The van der Waals surface area contributed by atoms with Crippen molar-refractivity contribution in [3.8, 4) is 0 Å². The van der Waals surface area contributed by atoms with Crippen molar-refractivity contribution in [2.75, 3.05) is 19.8 Å². The molecule has 29 heavy (non-hydrogen) atoms. The highest BCUT2D eigenvalue weighted by molar-refractivity contribution is 7.89. The van der Waals surface area contributed by atoms with Crippen LogP contribution in [-0.4, -0.2) is 52.2 Å². The number of urea groups is 1. The van der Waals surface area contributed by atoms with Gasteiger partial charge in [-0.25, -0.2) is 18.0 Å². The fourth-order valence-electron chi connectivity index (χ4n) is 2.40. The third kappa shape index (κ3) is 6.03. The van der Waals surface area contributed by atoms with Crippen molar-refractivity contribution in [1.29, 1.82) is 0 Å². The maximum absolute atomic E-state index is 12.4. The summed E-state index contributed by atoms with van der Waals surface area (Å²) in [5.41, 5.74) is 1.09. The van der Waals surface area contributed by atoms with Crippen LogP contribution in [0.5, 0.6) is 0 Å². The molecule has 1 aliphatic heterocycles. The molecule has 1 aromatic carbocycles. The highest BCUT2D eigenvalue weighted by Gasteiger charge is 2.27. The van der Waals surface area contributed by atoms with Gasteiger partial charge in [0.1, 0.15) is 12.6 Å². The zero-order chi connectivity index (χ0) is 21.6. The first kappa shape index (κ1) is 22.4. The quantitative estimate of drug-likeness (QED) is 0.510. The van der Waals surface area contributed by atoms with Crippen molar-refractivity contribution in [2.24, 2.45) is 0 Å². The summed E-state index contributed by atoms with van der Waals surface area (Å²) in [6, 6.07) is 4.39. The van der Waals surface area contributed by atoms with E-state index in [1.165, 1.54) is 19.1 Å². The SMILES string of the molecule is CCOC(=O)C1=C(COC(=O)[C@H](C)NS(=O)(=O)c2ccc(C)cc2)NC(=O)NC1. The first-order valence-electron chi connectivity index (χ1n) is 8.83. The zero-order valence-corrected chi connectivity index (χ0v) is 17.1. The number of sulfonamides is 1. The van der Waals surface area contributed by atoms with Gasteiger partial charge in [0.05, 0.1) is 29.3 Å². The van der Waals surface area contributed by atoms with Crippen LogP contribution in [0.3, 0.4) is 0 Å². The molecule has 2 amide bonds. The molecule has 2 rings (SSSR count). The number of amides is 2. The molecular formula is C18H23N3O7S. The summed E-state index contributed by atoms with van der Waals surface area (Å²) in [5, 5.41) is 4.82. The molecule has 0 aromatic heterocycles. The van der Waals surface area contributed by atoms with Crippen LogP contribution in [0.15, 0.2) is 40.4 Å². The van der Waals surface area contributed by atoms with Gasteiger partial charge >= 0.3 is 18.0 Å². The van der Waals surface area contributed by atoms with Crippen LogP contribution in [0, 0.1) is 6.92 Å². The Bertz CT molecular complexity index is 923. The number of esters is 2. The lowest BCUT2D eigenvalue weighted by molar-refractivity contribution is -0.145. The largest absolute Gasteiger partial charge is 0.463 e. The first-order chi connectivity index (χ1) is 13.6. The lowest BCUT2D eigenvalue weighted by Gasteiger charge is -2.21. The van der Waals surface area contributed by atoms with E-state index in [9.17, 15) is 22.8 Å². The van der Waals surface area contributed by atoms with Gasteiger partial charge in [0, 0.05) is 0 Å². The molecule has 0 saturated carbocycles. The average Bonchev–Trinajstić information content (AvgIpc) is 2.66. The normalized spacial score (nSPS) is 15.2. The van der Waals surface area contributed by atoms with Crippen LogP contribution >= 0.6 is 0 Å². The van der Waals surface area contributed by atoms with Gasteiger partial charge in [-0.3, -0.25) is 4.79 Å². The number of rotatable bonds is 8. The van der Waals surface area contributed by atoms with Gasteiger partial charge < -0.3 is 20.1 Å². The second-order valence-corrected chi connectivity index (χ2v) is 7.96. The molecule has 0 fully saturated rings. The van der Waals surface area contributed by atoms with Gasteiger partial charge in [-0.15, -0.1) is 0 Å². The van der Waals surface area contributed by atoms with Crippen molar-refractivity contribution < 1.29 is 32.3 Å². The maximum atomic E-state index is 12.4. The van der Waals surface area contributed by atoms with Crippen LogP contribution in [0.1, 0.15) is 19.4 Å². The van der Waals surface area contributed by atoms with E-state index in [0.29, 0.717) is 0 Å². The third-order valence-electron chi connectivity index (χ3n) is 3.95. The van der Waals surface area contributed by atoms with Crippen LogP contribution in [0.2, 0.25) is 0 Å². The summed E-state index contributed by atoms with van der Waals surface area (Å²) < 4.78 is 36.9. The summed E-state index contributed by atoms with van der Waals surface area (Å²) in [6.07, 6.45) is 0. The molecule has 0 aliphatic carbocycles. The maximum Gasteiger partial charge on any atom is 0.337 e. The standard InChI is InChI=1S/C18H23N3O7S/c1-4-27-17(23)14-9-19-18(24)20-15(14)10-28-16(22)12(3)21-29(25,26)13-7-5-11(2)6-8-13/h5-8,12,21H,4,9-10H2,1-3H3,(H2,19,20,24)/t12-/m0/s1. The Kier molecular flexibility index (Phi) is 7.35. The summed E-state index contributed by atoms with van der Waals surface area (Å²) in [6.45, 7) is 4.43. The summed E-state index contributed by atoms with van der Waals surface area (Å²) >= 11 is 0. The Hall–Kier alpha value is -2.92. The Morgan fingerprint density at radius 2 is 1.86 bits per heavy atom. The number of hydrogen-bond acceptors (Lipinski definition) is 7. The predicted octanol–water partition coefficient (Wildman–Crippen LogP) is 0.335. The molecule has 0 spiro atoms. The lowest BCUT2D eigenvalue weighted by Crippen LogP contribution is -2.46. The van der Waals surface area contributed by atoms with E-state index in [0.717, 1.165) is 5.56 Å². The van der Waals surface area contributed by atoms with E-state index in [2.05, 4.69) is 15.4 Å². The molecule has 11 heteroatoms. The van der Waals surface area contributed by atoms with E-state index >= 15 is 0 Å². The summed E-state index contributed by atoms with van der Waals surface area (Å²) in [5.74, 6) is -1.52. The Labute approximate surface area is 168 Å². The lowest BCUT2D eigenvalue weighted by atomic mass is 10.1. The Morgan fingerprint density at radius 1 is 1.21 bits per heavy atom. The Morgan fingerprint density at radius 3 is 2.48 bits per heavy atom. The van der Waals surface area contributed by atoms with Gasteiger partial charge in [0.15, 0.2) is 0 Å². The van der Waals surface area contributed by atoms with Crippen LogP contribution in [0.4, 0.5) is 4.79 Å². The molecule has 3 N–H and O–H groups in total. The van der Waals surface area contributed by atoms with Crippen molar-refractivity contribution in [2.45, 2.75) is 31.7 Å². The second-order valence-electron chi connectivity index (χ2n) is 6.25. The molecule has 0 unspecified atom stereocenters. The molecule has 0 bridgehead atoms. The average molecular weight is 425 g/mol. The molecule has 0 saturated heterocycles. The van der Waals surface area contributed by atoms with E-state index in [1.54, 1.807) is 19.1 Å². The number of carbonyl (C=O) groups excluding carboxylic acids is 3. The molecule has 1 aliphatic rings. The minimum absolute atomic E-state index is 0.0145. The molecule has 0 radical (unpaired) electrons. The number of ether oxygens (including phenoxy) is 2. The predicted molar refractivity (Wildman–Crippen MR) is 102 cm³/mol. The van der Waals surface area contributed by atoms with Gasteiger partial charge in [0.2, 0.25) is 10.0 Å². The van der Waals surface area contributed by atoms with Crippen molar-refractivity contribution >= 4 is 28.0 Å². The first-order valence-corrected chi connectivity index (χ1v) is 10.3. The number of hydrogen-bond donors (Lipinski definition) is 3. The van der Waals surface area contributed by atoms with Crippen molar-refractivity contribution in [3.05, 3.63) is 41.1 Å². The second kappa shape index (κ2) is 9.52. The molecule has 10 nitrogen and oxygen atoms in total. The summed E-state index contributed by atoms with van der Waals surface area (Å²) in [7, 11) is -3.92. The van der Waals surface area contributed by atoms with Crippen LogP contribution in [-0.2, 0) is 29.1 Å². The van der Waals surface area contributed by atoms with Crippen LogP contribution in [0.25, 0.3) is 0 Å². The topological polar surface area (TPSA) is 140 Å². The van der Waals surface area contributed by atoms with Gasteiger partial charge in [-0.1, -0.05) is 17.7 Å². The molecular weight excluding hydrogens is 402 g/mol. The number of benzene rings is 1. The van der Waals surface area contributed by atoms with Gasteiger partial charge in [-0.2, -0.15) is 4.72 Å². The van der Waals surface area contributed by atoms with Crippen molar-refractivity contribution in [1.82, 2.24) is 15.4 Å². The van der Waals surface area contributed by atoms with Gasteiger partial charge in [0.25, 0.3) is 0 Å². The van der Waals surface area contributed by atoms with Crippen LogP contribution < -0.4 is 15.4 Å². The zero-order valence-electron chi connectivity index (χ0n) is 16.3. The smallest absolute Gasteiger partial charge is 0.337 e. The molecule has 1 atom stereocenters. The summed E-state index contributed by atoms with van der Waals surface area (Å²) in [4.78, 5) is 35.7. The number of carbonyl (C=O) groups is 3. The minimum Gasteiger partial charge on any atom is -0.463 e. The number of aryl methyl sites for hydroxylation is 1. The molecule has 1 aromatic rings. The van der Waals surface area contributed by atoms with E-state index in [1.807, 2.05) is 6.92 Å². The Balaban J connectivity index is 2.03. The van der Waals surface area contributed by atoms with E-state index in [4.69, 9.17) is 9.47 Å². The van der Waals surface area contributed by atoms with E-state index in [-0.39, 0.29) is 29.3 Å². The van der Waals surface area contributed by atoms with E-state index < -0.39 is 40.6 Å². The number of nitrogens with one attached hydrogen (secondary N) is 3. The monoisotopic (exact) mass is 425 g/mol. The van der Waals surface area contributed by atoms with Gasteiger partial charge in [-0.05, 0) is 32.9 Å². The van der Waals surface area contributed by atoms with Crippen molar-refractivity contribution in [3.63, 3.8) is 0 Å². The highest BCUT2D eigenvalue weighted by Crippen LogP contribution is 2.12. The fraction of sp³-hybridized carbons (Fsp3) is 0.389. The third-order valence-corrected chi connectivity index (χ3v) is 5.51. The minimum atomic E-state index is -3.92. The highest BCUT2D eigenvalue weighted by atomic mass is 32.2. The fourth-order valence-corrected chi connectivity index (χ4v) is 3.60. The molecule has 1 heterocycles.